The quantitative estimate of drug-likeness (QED) is 0.579. The van der Waals surface area contributed by atoms with E-state index >= 15 is 0 Å². The molecule has 0 unspecified atom stereocenters. The monoisotopic (exact) mass is 297 g/mol. The first kappa shape index (κ1) is 15.7. The SMILES string of the molecule is Cl.NCC1CCC(CCCCCBr)CC1. The van der Waals surface area contributed by atoms with Gasteiger partial charge in [0.05, 0.1) is 0 Å². The smallest absolute Gasteiger partial charge is 0.00313 e. The molecule has 0 spiro atoms. The summed E-state index contributed by atoms with van der Waals surface area (Å²) in [6.07, 6.45) is 11.3. The third kappa shape index (κ3) is 6.80. The molecule has 0 saturated heterocycles. The summed E-state index contributed by atoms with van der Waals surface area (Å²) in [5.41, 5.74) is 5.68. The van der Waals surface area contributed by atoms with Gasteiger partial charge in [-0.3, -0.25) is 0 Å². The molecule has 3 heteroatoms. The molecular weight excluding hydrogens is 273 g/mol. The second-order valence-electron chi connectivity index (χ2n) is 4.66. The molecule has 0 aromatic carbocycles. The van der Waals surface area contributed by atoms with Crippen molar-refractivity contribution in [3.05, 3.63) is 0 Å². The third-order valence-corrected chi connectivity index (χ3v) is 4.11. The van der Waals surface area contributed by atoms with E-state index in [-0.39, 0.29) is 12.4 Å². The Balaban J connectivity index is 0.00000196. The molecular formula is C12H25BrClN. The summed E-state index contributed by atoms with van der Waals surface area (Å²) in [7, 11) is 0. The zero-order chi connectivity index (χ0) is 10.2. The van der Waals surface area contributed by atoms with E-state index in [0.29, 0.717) is 0 Å². The van der Waals surface area contributed by atoms with Crippen molar-refractivity contribution in [1.29, 1.82) is 0 Å². The van der Waals surface area contributed by atoms with Crippen LogP contribution < -0.4 is 5.73 Å². The summed E-state index contributed by atoms with van der Waals surface area (Å²) in [5, 5.41) is 1.17. The molecule has 1 fully saturated rings. The first-order valence-corrected chi connectivity index (χ1v) is 7.25. The predicted molar refractivity (Wildman–Crippen MR) is 74.0 cm³/mol. The highest BCUT2D eigenvalue weighted by Gasteiger charge is 2.19. The molecule has 1 nitrogen and oxygen atoms in total. The number of unbranched alkanes of at least 4 members (excludes halogenated alkanes) is 2. The van der Waals surface area contributed by atoms with Crippen LogP contribution in [0.2, 0.25) is 0 Å². The van der Waals surface area contributed by atoms with Crippen LogP contribution in [-0.2, 0) is 0 Å². The number of rotatable bonds is 6. The Morgan fingerprint density at radius 2 is 1.53 bits per heavy atom. The highest BCUT2D eigenvalue weighted by molar-refractivity contribution is 9.09. The molecule has 0 aromatic rings. The van der Waals surface area contributed by atoms with Gasteiger partial charge in [0.1, 0.15) is 0 Å². The van der Waals surface area contributed by atoms with Crippen LogP contribution in [0.15, 0.2) is 0 Å². The fourth-order valence-electron chi connectivity index (χ4n) is 2.46. The van der Waals surface area contributed by atoms with Crippen molar-refractivity contribution in [2.24, 2.45) is 17.6 Å². The average Bonchev–Trinajstić information content (AvgIpc) is 2.25. The third-order valence-electron chi connectivity index (χ3n) is 3.55. The lowest BCUT2D eigenvalue weighted by molar-refractivity contribution is 0.263. The topological polar surface area (TPSA) is 26.0 Å². The number of hydrogen-bond acceptors (Lipinski definition) is 1. The van der Waals surface area contributed by atoms with E-state index in [1.807, 2.05) is 0 Å². The molecule has 0 radical (unpaired) electrons. The summed E-state index contributed by atoms with van der Waals surface area (Å²) < 4.78 is 0. The molecule has 1 aliphatic rings. The molecule has 0 atom stereocenters. The maximum atomic E-state index is 5.68. The fraction of sp³-hybridized carbons (Fsp3) is 1.00. The second-order valence-corrected chi connectivity index (χ2v) is 5.45. The van der Waals surface area contributed by atoms with E-state index in [9.17, 15) is 0 Å². The number of halogens is 2. The van der Waals surface area contributed by atoms with Crippen LogP contribution >= 0.6 is 28.3 Å². The van der Waals surface area contributed by atoms with E-state index in [4.69, 9.17) is 5.73 Å². The summed E-state index contributed by atoms with van der Waals surface area (Å²) in [4.78, 5) is 0. The maximum Gasteiger partial charge on any atom is 0.00313 e. The van der Waals surface area contributed by atoms with Crippen molar-refractivity contribution < 1.29 is 0 Å². The Labute approximate surface area is 109 Å². The lowest BCUT2D eigenvalue weighted by atomic mass is 9.80. The van der Waals surface area contributed by atoms with Crippen LogP contribution in [0, 0.1) is 11.8 Å². The van der Waals surface area contributed by atoms with E-state index in [2.05, 4.69) is 15.9 Å². The van der Waals surface area contributed by atoms with Gasteiger partial charge in [-0.15, -0.1) is 12.4 Å². The van der Waals surface area contributed by atoms with E-state index in [1.54, 1.807) is 0 Å². The van der Waals surface area contributed by atoms with E-state index in [0.717, 1.165) is 18.4 Å². The van der Waals surface area contributed by atoms with Gasteiger partial charge in [0.15, 0.2) is 0 Å². The molecule has 0 heterocycles. The first-order chi connectivity index (χ1) is 6.86. The number of alkyl halides is 1. The van der Waals surface area contributed by atoms with Gasteiger partial charge in [-0.1, -0.05) is 48.0 Å². The molecule has 1 aliphatic carbocycles. The largest absolute Gasteiger partial charge is 0.330 e. The lowest BCUT2D eigenvalue weighted by Crippen LogP contribution is -2.21. The van der Waals surface area contributed by atoms with Crippen LogP contribution in [0.25, 0.3) is 0 Å². The summed E-state index contributed by atoms with van der Waals surface area (Å²) in [6, 6.07) is 0. The second kappa shape index (κ2) is 9.92. The Kier molecular flexibility index (Phi) is 10.4. The fourth-order valence-corrected chi connectivity index (χ4v) is 2.86. The van der Waals surface area contributed by atoms with Gasteiger partial charge in [0.2, 0.25) is 0 Å². The average molecular weight is 299 g/mol. The highest BCUT2D eigenvalue weighted by Crippen LogP contribution is 2.31. The zero-order valence-electron chi connectivity index (χ0n) is 9.59. The molecule has 0 amide bonds. The molecule has 1 rings (SSSR count). The van der Waals surface area contributed by atoms with Gasteiger partial charge in [-0.2, -0.15) is 0 Å². The predicted octanol–water partition coefficient (Wildman–Crippen LogP) is 4.13. The maximum absolute atomic E-state index is 5.68. The van der Waals surface area contributed by atoms with Gasteiger partial charge in [0.25, 0.3) is 0 Å². The van der Waals surface area contributed by atoms with Crippen molar-refractivity contribution in [2.75, 3.05) is 11.9 Å². The normalized spacial score (nSPS) is 26.0. The molecule has 0 aliphatic heterocycles. The van der Waals surface area contributed by atoms with Gasteiger partial charge < -0.3 is 5.73 Å². The van der Waals surface area contributed by atoms with Gasteiger partial charge in [0, 0.05) is 5.33 Å². The molecule has 1 saturated carbocycles. The highest BCUT2D eigenvalue weighted by atomic mass is 79.9. The Hall–Kier alpha value is 0.730. The minimum atomic E-state index is 0. The first-order valence-electron chi connectivity index (χ1n) is 6.12. The molecule has 0 bridgehead atoms. The summed E-state index contributed by atoms with van der Waals surface area (Å²) >= 11 is 3.48. The van der Waals surface area contributed by atoms with E-state index in [1.165, 1.54) is 56.7 Å². The van der Waals surface area contributed by atoms with Crippen molar-refractivity contribution in [1.82, 2.24) is 0 Å². The zero-order valence-corrected chi connectivity index (χ0v) is 12.0. The van der Waals surface area contributed by atoms with Crippen LogP contribution in [0.5, 0.6) is 0 Å². The Morgan fingerprint density at radius 3 is 2.07 bits per heavy atom. The molecule has 92 valence electrons. The van der Waals surface area contributed by atoms with Crippen molar-refractivity contribution in [3.63, 3.8) is 0 Å². The standard InChI is InChI=1S/C12H24BrN.ClH/c13-9-3-1-2-4-11-5-7-12(10-14)8-6-11;/h11-12H,1-10,14H2;1H. The lowest BCUT2D eigenvalue weighted by Gasteiger charge is -2.27. The van der Waals surface area contributed by atoms with Gasteiger partial charge in [-0.05, 0) is 37.6 Å². The van der Waals surface area contributed by atoms with Gasteiger partial charge in [-0.25, -0.2) is 0 Å². The minimum absolute atomic E-state index is 0. The molecule has 0 aromatic heterocycles. The van der Waals surface area contributed by atoms with Crippen LogP contribution in [0.1, 0.15) is 51.4 Å². The van der Waals surface area contributed by atoms with Crippen LogP contribution in [0.3, 0.4) is 0 Å². The summed E-state index contributed by atoms with van der Waals surface area (Å²) in [5.74, 6) is 1.86. The minimum Gasteiger partial charge on any atom is -0.330 e. The number of nitrogens with two attached hydrogens (primary N) is 1. The summed E-state index contributed by atoms with van der Waals surface area (Å²) in [6.45, 7) is 0.913. The van der Waals surface area contributed by atoms with Gasteiger partial charge >= 0.3 is 0 Å². The van der Waals surface area contributed by atoms with Crippen molar-refractivity contribution in [3.8, 4) is 0 Å². The van der Waals surface area contributed by atoms with Crippen LogP contribution in [-0.4, -0.2) is 11.9 Å². The Bertz CT molecular complexity index is 136. The van der Waals surface area contributed by atoms with Crippen molar-refractivity contribution in [2.45, 2.75) is 51.4 Å². The van der Waals surface area contributed by atoms with Crippen LogP contribution in [0.4, 0.5) is 0 Å². The Morgan fingerprint density at radius 1 is 0.933 bits per heavy atom. The molecule has 2 N–H and O–H groups in total. The number of hydrogen-bond donors (Lipinski definition) is 1. The van der Waals surface area contributed by atoms with E-state index < -0.39 is 0 Å². The van der Waals surface area contributed by atoms with Crippen molar-refractivity contribution >= 4 is 28.3 Å². The molecule has 15 heavy (non-hydrogen) atoms.